The van der Waals surface area contributed by atoms with Crippen molar-refractivity contribution in [2.45, 2.75) is 125 Å². The fraction of sp³-hybridized carbons (Fsp3) is 1.00. The molecule has 0 aliphatic carbocycles. The fourth-order valence-electron chi connectivity index (χ4n) is 5.32. The normalized spacial score (nSPS) is 12.1. The van der Waals surface area contributed by atoms with E-state index in [1.54, 1.807) is 0 Å². The van der Waals surface area contributed by atoms with Gasteiger partial charge in [0.25, 0.3) is 0 Å². The quantitative estimate of drug-likeness (QED) is 0.0960. The first-order valence-electron chi connectivity index (χ1n) is 17.2. The molecule has 0 saturated heterocycles. The molecule has 0 N–H and O–H groups in total. The zero-order valence-electron chi connectivity index (χ0n) is 32.0. The van der Waals surface area contributed by atoms with E-state index >= 15 is 0 Å². The summed E-state index contributed by atoms with van der Waals surface area (Å²) >= 11 is -0.346. The monoisotopic (exact) mass is 778 g/mol. The van der Waals surface area contributed by atoms with Gasteiger partial charge in [0.2, 0.25) is 0 Å². The van der Waals surface area contributed by atoms with Crippen molar-refractivity contribution in [1.82, 2.24) is 0 Å². The van der Waals surface area contributed by atoms with Gasteiger partial charge >= 0.3 is 34.5 Å². The summed E-state index contributed by atoms with van der Waals surface area (Å²) in [6.07, 6.45) is 13.3. The third-order valence-corrected chi connectivity index (χ3v) is 16.8. The predicted molar refractivity (Wildman–Crippen MR) is 210 cm³/mol. The molecule has 0 heterocycles. The number of halogens is 2. The topological polar surface area (TPSA) is 0 Å². The molecule has 6 heteroatoms. The molecule has 0 aromatic heterocycles. The van der Waals surface area contributed by atoms with Crippen LogP contribution in [0.15, 0.2) is 0 Å². The van der Waals surface area contributed by atoms with Crippen LogP contribution in [0.3, 0.4) is 0 Å². The molecule has 0 saturated carbocycles. The van der Waals surface area contributed by atoms with Crippen LogP contribution in [0.25, 0.3) is 0 Å². The van der Waals surface area contributed by atoms with Crippen LogP contribution < -0.4 is 0 Å². The van der Waals surface area contributed by atoms with Crippen LogP contribution >= 0.6 is 43.1 Å². The summed E-state index contributed by atoms with van der Waals surface area (Å²) in [4.78, 5) is 0. The van der Waals surface area contributed by atoms with E-state index in [0.717, 1.165) is 53.3 Å². The van der Waals surface area contributed by atoms with Gasteiger partial charge in [0.1, 0.15) is 0 Å². The molecule has 0 aromatic rings. The molecule has 0 aliphatic heterocycles. The molecule has 0 atom stereocenters. The minimum absolute atomic E-state index is 0.321. The van der Waals surface area contributed by atoms with Crippen molar-refractivity contribution >= 4 is 43.1 Å². The second-order valence-corrected chi connectivity index (χ2v) is 26.2. The maximum atomic E-state index is 4.85. The van der Waals surface area contributed by atoms with Crippen LogP contribution in [0.5, 0.6) is 0 Å². The Hall–Kier alpha value is 2.49. The molecule has 0 spiro atoms. The Bertz CT molecular complexity index is 381. The summed E-state index contributed by atoms with van der Waals surface area (Å²) in [7, 11) is 10.7. The van der Waals surface area contributed by atoms with Crippen LogP contribution in [0.1, 0.15) is 125 Å². The zero-order valence-corrected chi connectivity index (χ0v) is 37.9. The second-order valence-electron chi connectivity index (χ2n) is 16.3. The second kappa shape index (κ2) is 33.4. The van der Waals surface area contributed by atoms with Crippen molar-refractivity contribution < 1.29 is 15.1 Å². The summed E-state index contributed by atoms with van der Waals surface area (Å²) < 4.78 is 0. The third kappa shape index (κ3) is 49.4. The zero-order chi connectivity index (χ0) is 34.0. The summed E-state index contributed by atoms with van der Waals surface area (Å²) in [5.41, 5.74) is 0. The van der Waals surface area contributed by atoms with Gasteiger partial charge in [-0.15, -0.1) is 23.8 Å². The SMILES string of the molecule is CC(C)CP(CC(C)C)CC(C)C.CC(C)CP(CC(C)C)CC(C)C.CC(C)CP(CC(C)C)CC(C)C.[Cl][Ru][Cl]. The van der Waals surface area contributed by atoms with E-state index in [-0.39, 0.29) is 15.1 Å². The van der Waals surface area contributed by atoms with Gasteiger partial charge in [-0.25, -0.2) is 0 Å². The van der Waals surface area contributed by atoms with Gasteiger partial charge in [-0.1, -0.05) is 125 Å². The van der Waals surface area contributed by atoms with Crippen LogP contribution in [0, 0.1) is 53.3 Å². The molecule has 0 unspecified atom stereocenters. The average Bonchev–Trinajstić information content (AvgIpc) is 2.70. The number of hydrogen-bond acceptors (Lipinski definition) is 0. The number of rotatable bonds is 18. The average molecular weight is 779 g/mol. The van der Waals surface area contributed by atoms with Gasteiger partial charge in [-0.2, -0.15) is 0 Å². The molecule has 0 radical (unpaired) electrons. The van der Waals surface area contributed by atoms with Gasteiger partial charge in [0.05, 0.1) is 0 Å². The van der Waals surface area contributed by atoms with Crippen LogP contribution in [-0.2, 0) is 15.1 Å². The molecule has 0 aliphatic rings. The van der Waals surface area contributed by atoms with E-state index in [2.05, 4.69) is 125 Å². The van der Waals surface area contributed by atoms with E-state index in [1.165, 1.54) is 55.5 Å². The van der Waals surface area contributed by atoms with E-state index in [1.807, 2.05) is 0 Å². The van der Waals surface area contributed by atoms with Crippen molar-refractivity contribution in [3.63, 3.8) is 0 Å². The van der Waals surface area contributed by atoms with Crippen LogP contribution in [0.4, 0.5) is 0 Å². The Morgan fingerprint density at radius 1 is 0.286 bits per heavy atom. The fourth-order valence-corrected chi connectivity index (χ4v) is 16.0. The Labute approximate surface area is 289 Å². The van der Waals surface area contributed by atoms with Gasteiger partial charge in [-0.05, 0) is 109 Å². The van der Waals surface area contributed by atoms with Crippen LogP contribution in [0.2, 0.25) is 0 Å². The summed E-state index contributed by atoms with van der Waals surface area (Å²) in [6, 6.07) is 0. The predicted octanol–water partition coefficient (Wildman–Crippen LogP) is 14.7. The first-order chi connectivity index (χ1) is 19.2. The molecule has 0 fully saturated rings. The molecule has 0 rings (SSSR count). The molecular formula is C36H81Cl2P3Ru. The molecular weight excluding hydrogens is 697 g/mol. The van der Waals surface area contributed by atoms with Crippen molar-refractivity contribution in [2.24, 2.45) is 53.3 Å². The van der Waals surface area contributed by atoms with E-state index in [4.69, 9.17) is 19.4 Å². The van der Waals surface area contributed by atoms with E-state index in [0.29, 0.717) is 23.8 Å². The van der Waals surface area contributed by atoms with E-state index < -0.39 is 0 Å². The molecule has 0 aromatic carbocycles. The molecule has 262 valence electrons. The Balaban J connectivity index is -0.000000246. The van der Waals surface area contributed by atoms with Gasteiger partial charge in [0.15, 0.2) is 0 Å². The Kier molecular flexibility index (Phi) is 40.8. The molecule has 0 amide bonds. The first-order valence-corrected chi connectivity index (χ1v) is 27.3. The van der Waals surface area contributed by atoms with Gasteiger partial charge < -0.3 is 0 Å². The molecule has 42 heavy (non-hydrogen) atoms. The van der Waals surface area contributed by atoms with Crippen molar-refractivity contribution in [2.75, 3.05) is 55.5 Å². The summed E-state index contributed by atoms with van der Waals surface area (Å²) in [5.74, 6) is 8.03. The van der Waals surface area contributed by atoms with Gasteiger partial charge in [0, 0.05) is 0 Å². The summed E-state index contributed by atoms with van der Waals surface area (Å²) in [6.45, 7) is 42.4. The molecule has 0 nitrogen and oxygen atoms in total. The Morgan fingerprint density at radius 2 is 0.357 bits per heavy atom. The van der Waals surface area contributed by atoms with Crippen molar-refractivity contribution in [3.8, 4) is 0 Å². The first kappa shape index (κ1) is 51.3. The van der Waals surface area contributed by atoms with Crippen molar-refractivity contribution in [3.05, 3.63) is 0 Å². The minimum atomic E-state index is -0.346. The third-order valence-electron chi connectivity index (χ3n) is 5.61. The number of hydrogen-bond donors (Lipinski definition) is 0. The standard InChI is InChI=1S/3C12H27P.2ClH.Ru/c3*1-10(2)7-13(8-11(3)4)9-12(5)6;;;/h3*10-12H,7-9H2,1-6H3;2*1H;/q;;;;;+2/p-2. The molecule has 0 bridgehead atoms. The van der Waals surface area contributed by atoms with Crippen molar-refractivity contribution in [1.29, 1.82) is 0 Å². The van der Waals surface area contributed by atoms with Gasteiger partial charge in [-0.3, -0.25) is 0 Å². The maximum absolute atomic E-state index is 4.85. The van der Waals surface area contributed by atoms with E-state index in [9.17, 15) is 0 Å². The Morgan fingerprint density at radius 3 is 0.405 bits per heavy atom. The summed E-state index contributed by atoms with van der Waals surface area (Å²) in [5, 5.41) is 0. The van der Waals surface area contributed by atoms with Crippen LogP contribution in [-0.4, -0.2) is 55.5 Å².